The first-order valence-corrected chi connectivity index (χ1v) is 7.06. The Bertz CT molecular complexity index is 269. The minimum atomic E-state index is -0.0252. The molecule has 106 valence electrons. The third-order valence-electron chi connectivity index (χ3n) is 3.98. The molecule has 3 atom stereocenters. The lowest BCUT2D eigenvalue weighted by Crippen LogP contribution is -2.48. The third kappa shape index (κ3) is 3.69. The SMILES string of the molecule is CCCNC1COCC1C(=O)N(C)C(C)C(C)C. The van der Waals surface area contributed by atoms with Crippen LogP contribution in [0.15, 0.2) is 0 Å². The van der Waals surface area contributed by atoms with Crippen LogP contribution < -0.4 is 5.32 Å². The summed E-state index contributed by atoms with van der Waals surface area (Å²) in [5.74, 6) is 0.661. The summed E-state index contributed by atoms with van der Waals surface area (Å²) in [6, 6.07) is 0.448. The lowest BCUT2D eigenvalue weighted by Gasteiger charge is -2.31. The second kappa shape index (κ2) is 7.10. The Morgan fingerprint density at radius 1 is 1.39 bits per heavy atom. The third-order valence-corrected chi connectivity index (χ3v) is 3.98. The number of nitrogens with zero attached hydrogens (tertiary/aromatic N) is 1. The van der Waals surface area contributed by atoms with Gasteiger partial charge in [0, 0.05) is 19.1 Å². The highest BCUT2D eigenvalue weighted by Crippen LogP contribution is 2.19. The zero-order valence-electron chi connectivity index (χ0n) is 12.4. The Morgan fingerprint density at radius 2 is 2.06 bits per heavy atom. The van der Waals surface area contributed by atoms with Crippen LogP contribution >= 0.6 is 0 Å². The van der Waals surface area contributed by atoms with E-state index in [1.54, 1.807) is 0 Å². The van der Waals surface area contributed by atoms with Gasteiger partial charge in [-0.05, 0) is 25.8 Å². The summed E-state index contributed by atoms with van der Waals surface area (Å²) in [7, 11) is 1.90. The lowest BCUT2D eigenvalue weighted by molar-refractivity contribution is -0.137. The minimum Gasteiger partial charge on any atom is -0.379 e. The molecule has 1 rings (SSSR count). The van der Waals surface area contributed by atoms with E-state index in [-0.39, 0.29) is 23.9 Å². The second-order valence-corrected chi connectivity index (χ2v) is 5.64. The van der Waals surface area contributed by atoms with Crippen LogP contribution in [0.5, 0.6) is 0 Å². The largest absolute Gasteiger partial charge is 0.379 e. The number of carbonyl (C=O) groups excluding carboxylic acids is 1. The fourth-order valence-corrected chi connectivity index (χ4v) is 2.24. The molecular formula is C14H28N2O2. The van der Waals surface area contributed by atoms with Gasteiger partial charge in [0.1, 0.15) is 0 Å². The fourth-order valence-electron chi connectivity index (χ4n) is 2.24. The van der Waals surface area contributed by atoms with E-state index in [4.69, 9.17) is 4.74 Å². The van der Waals surface area contributed by atoms with E-state index in [0.717, 1.165) is 13.0 Å². The number of ether oxygens (including phenoxy) is 1. The van der Waals surface area contributed by atoms with Crippen molar-refractivity contribution < 1.29 is 9.53 Å². The van der Waals surface area contributed by atoms with E-state index in [1.165, 1.54) is 0 Å². The van der Waals surface area contributed by atoms with Crippen molar-refractivity contribution in [3.05, 3.63) is 0 Å². The van der Waals surface area contributed by atoms with Gasteiger partial charge in [-0.15, -0.1) is 0 Å². The van der Waals surface area contributed by atoms with E-state index in [1.807, 2.05) is 11.9 Å². The maximum absolute atomic E-state index is 12.5. The van der Waals surface area contributed by atoms with Gasteiger partial charge in [-0.2, -0.15) is 0 Å². The summed E-state index contributed by atoms with van der Waals surface area (Å²) >= 11 is 0. The Morgan fingerprint density at radius 3 is 2.61 bits per heavy atom. The van der Waals surface area contributed by atoms with Gasteiger partial charge >= 0.3 is 0 Å². The van der Waals surface area contributed by atoms with Gasteiger partial charge in [0.2, 0.25) is 5.91 Å². The van der Waals surface area contributed by atoms with Crippen molar-refractivity contribution in [1.82, 2.24) is 10.2 Å². The summed E-state index contributed by atoms with van der Waals surface area (Å²) in [6.45, 7) is 10.7. The van der Waals surface area contributed by atoms with Gasteiger partial charge in [0.15, 0.2) is 0 Å². The van der Waals surface area contributed by atoms with Crippen LogP contribution in [-0.2, 0) is 9.53 Å². The number of hydrogen-bond donors (Lipinski definition) is 1. The van der Waals surface area contributed by atoms with Crippen molar-refractivity contribution in [1.29, 1.82) is 0 Å². The average molecular weight is 256 g/mol. The molecule has 0 aromatic rings. The molecule has 1 heterocycles. The Labute approximate surface area is 111 Å². The fraction of sp³-hybridized carbons (Fsp3) is 0.929. The number of rotatable bonds is 6. The smallest absolute Gasteiger partial charge is 0.229 e. The van der Waals surface area contributed by atoms with Gasteiger partial charge < -0.3 is 15.0 Å². The van der Waals surface area contributed by atoms with Crippen molar-refractivity contribution in [3.8, 4) is 0 Å². The molecule has 0 bridgehead atoms. The molecule has 1 amide bonds. The predicted molar refractivity (Wildman–Crippen MR) is 73.5 cm³/mol. The molecule has 0 aromatic carbocycles. The van der Waals surface area contributed by atoms with E-state index in [9.17, 15) is 4.79 Å². The van der Waals surface area contributed by atoms with Crippen molar-refractivity contribution in [2.75, 3.05) is 26.8 Å². The predicted octanol–water partition coefficient (Wildman–Crippen LogP) is 1.50. The summed E-state index contributed by atoms with van der Waals surface area (Å²) in [4.78, 5) is 14.4. The van der Waals surface area contributed by atoms with Crippen LogP contribution in [0.1, 0.15) is 34.1 Å². The first-order valence-electron chi connectivity index (χ1n) is 7.06. The standard InChI is InChI=1S/C14H28N2O2/c1-6-7-15-13-9-18-8-12(13)14(17)16(5)11(4)10(2)3/h10-13,15H,6-9H2,1-5H3. The lowest BCUT2D eigenvalue weighted by atomic mass is 9.98. The van der Waals surface area contributed by atoms with Crippen LogP contribution in [0.3, 0.4) is 0 Å². The molecule has 1 fully saturated rings. The van der Waals surface area contributed by atoms with Crippen molar-refractivity contribution >= 4 is 5.91 Å². The van der Waals surface area contributed by atoms with E-state index in [2.05, 4.69) is 33.0 Å². The molecule has 18 heavy (non-hydrogen) atoms. The maximum atomic E-state index is 12.5. The van der Waals surface area contributed by atoms with Gasteiger partial charge in [-0.25, -0.2) is 0 Å². The van der Waals surface area contributed by atoms with Crippen molar-refractivity contribution in [3.63, 3.8) is 0 Å². The zero-order chi connectivity index (χ0) is 13.7. The summed E-state index contributed by atoms with van der Waals surface area (Å²) < 4.78 is 5.47. The van der Waals surface area contributed by atoms with Crippen LogP contribution in [0.25, 0.3) is 0 Å². The molecule has 0 spiro atoms. The molecule has 0 radical (unpaired) electrons. The second-order valence-electron chi connectivity index (χ2n) is 5.64. The quantitative estimate of drug-likeness (QED) is 0.783. The molecule has 1 N–H and O–H groups in total. The highest BCUT2D eigenvalue weighted by Gasteiger charge is 2.36. The molecule has 1 aliphatic heterocycles. The maximum Gasteiger partial charge on any atom is 0.229 e. The first-order chi connectivity index (χ1) is 8.49. The van der Waals surface area contributed by atoms with Crippen LogP contribution in [-0.4, -0.2) is 49.7 Å². The van der Waals surface area contributed by atoms with Gasteiger partial charge in [-0.3, -0.25) is 4.79 Å². The normalized spacial score (nSPS) is 25.4. The van der Waals surface area contributed by atoms with Crippen LogP contribution in [0.4, 0.5) is 0 Å². The molecule has 4 heteroatoms. The molecule has 0 aromatic heterocycles. The summed E-state index contributed by atoms with van der Waals surface area (Å²) in [5, 5.41) is 3.41. The van der Waals surface area contributed by atoms with E-state index < -0.39 is 0 Å². The Kier molecular flexibility index (Phi) is 6.09. The number of hydrogen-bond acceptors (Lipinski definition) is 3. The Hall–Kier alpha value is -0.610. The molecule has 0 aliphatic carbocycles. The van der Waals surface area contributed by atoms with E-state index >= 15 is 0 Å². The van der Waals surface area contributed by atoms with Gasteiger partial charge in [0.25, 0.3) is 0 Å². The zero-order valence-corrected chi connectivity index (χ0v) is 12.4. The minimum absolute atomic E-state index is 0.0252. The van der Waals surface area contributed by atoms with Crippen LogP contribution in [0, 0.1) is 11.8 Å². The number of carbonyl (C=O) groups is 1. The highest BCUT2D eigenvalue weighted by atomic mass is 16.5. The number of nitrogens with one attached hydrogen (secondary N) is 1. The molecule has 4 nitrogen and oxygen atoms in total. The summed E-state index contributed by atoms with van der Waals surface area (Å²) in [6.07, 6.45) is 1.08. The van der Waals surface area contributed by atoms with Crippen molar-refractivity contribution in [2.24, 2.45) is 11.8 Å². The summed E-state index contributed by atoms with van der Waals surface area (Å²) in [5.41, 5.74) is 0. The van der Waals surface area contributed by atoms with Gasteiger partial charge in [-0.1, -0.05) is 20.8 Å². The molecule has 1 aliphatic rings. The first kappa shape index (κ1) is 15.4. The number of amides is 1. The molecule has 1 saturated heterocycles. The Balaban J connectivity index is 2.59. The van der Waals surface area contributed by atoms with E-state index in [0.29, 0.717) is 19.1 Å². The highest BCUT2D eigenvalue weighted by molar-refractivity contribution is 5.80. The van der Waals surface area contributed by atoms with Gasteiger partial charge in [0.05, 0.1) is 19.1 Å². The van der Waals surface area contributed by atoms with Crippen LogP contribution in [0.2, 0.25) is 0 Å². The molecule has 0 saturated carbocycles. The monoisotopic (exact) mass is 256 g/mol. The molecule has 3 unspecified atom stereocenters. The molecular weight excluding hydrogens is 228 g/mol. The topological polar surface area (TPSA) is 41.6 Å². The average Bonchev–Trinajstić information content (AvgIpc) is 2.81. The van der Waals surface area contributed by atoms with Crippen molar-refractivity contribution in [2.45, 2.75) is 46.2 Å².